The van der Waals surface area contributed by atoms with E-state index in [1.54, 1.807) is 12.4 Å². The van der Waals surface area contributed by atoms with E-state index >= 15 is 0 Å². The average molecular weight is 193 g/mol. The zero-order valence-corrected chi connectivity index (χ0v) is 8.10. The van der Waals surface area contributed by atoms with Crippen molar-refractivity contribution in [2.45, 2.75) is 37.9 Å². The highest BCUT2D eigenvalue weighted by Crippen LogP contribution is 2.23. The van der Waals surface area contributed by atoms with Crippen LogP contribution in [0.5, 0.6) is 5.75 Å². The lowest BCUT2D eigenvalue weighted by Crippen LogP contribution is -2.28. The van der Waals surface area contributed by atoms with Crippen molar-refractivity contribution in [3.63, 3.8) is 0 Å². The number of aliphatic hydroxyl groups is 1. The highest BCUT2D eigenvalue weighted by molar-refractivity contribution is 5.17. The number of ether oxygens (including phenoxy) is 1. The van der Waals surface area contributed by atoms with E-state index in [0.717, 1.165) is 31.4 Å². The predicted molar refractivity (Wildman–Crippen MR) is 53.1 cm³/mol. The number of hydrogen-bond donors (Lipinski definition) is 1. The fourth-order valence-electron chi connectivity index (χ4n) is 1.84. The van der Waals surface area contributed by atoms with Crippen LogP contribution < -0.4 is 4.74 Å². The molecule has 1 heterocycles. The third-order valence-corrected chi connectivity index (χ3v) is 2.55. The minimum atomic E-state index is -0.185. The van der Waals surface area contributed by atoms with E-state index in [-0.39, 0.29) is 12.2 Å². The van der Waals surface area contributed by atoms with Crippen LogP contribution in [-0.2, 0) is 0 Å². The van der Waals surface area contributed by atoms with Crippen molar-refractivity contribution in [3.05, 3.63) is 24.5 Å². The fourth-order valence-corrected chi connectivity index (χ4v) is 1.84. The van der Waals surface area contributed by atoms with Crippen LogP contribution in [0.3, 0.4) is 0 Å². The highest BCUT2D eigenvalue weighted by Gasteiger charge is 2.21. The molecular weight excluding hydrogens is 178 g/mol. The number of aromatic nitrogens is 1. The van der Waals surface area contributed by atoms with Gasteiger partial charge in [0, 0.05) is 18.8 Å². The summed E-state index contributed by atoms with van der Waals surface area (Å²) in [7, 11) is 0. The Morgan fingerprint density at radius 3 is 2.79 bits per heavy atom. The zero-order chi connectivity index (χ0) is 9.80. The van der Waals surface area contributed by atoms with Crippen LogP contribution in [0.15, 0.2) is 24.5 Å². The first-order valence-electron chi connectivity index (χ1n) is 5.09. The second kappa shape index (κ2) is 4.42. The van der Waals surface area contributed by atoms with Crippen molar-refractivity contribution in [3.8, 4) is 5.75 Å². The monoisotopic (exact) mass is 193 g/mol. The second-order valence-corrected chi connectivity index (χ2v) is 3.74. The molecule has 0 spiro atoms. The Morgan fingerprint density at radius 2 is 2.07 bits per heavy atom. The Balaban J connectivity index is 1.91. The van der Waals surface area contributed by atoms with Crippen LogP contribution in [0.25, 0.3) is 0 Å². The summed E-state index contributed by atoms with van der Waals surface area (Å²) >= 11 is 0. The zero-order valence-electron chi connectivity index (χ0n) is 8.10. The lowest BCUT2D eigenvalue weighted by Gasteiger charge is -2.26. The van der Waals surface area contributed by atoms with Gasteiger partial charge in [0.25, 0.3) is 0 Å². The lowest BCUT2D eigenvalue weighted by atomic mass is 9.95. The van der Waals surface area contributed by atoms with Crippen LogP contribution >= 0.6 is 0 Å². The van der Waals surface area contributed by atoms with Gasteiger partial charge >= 0.3 is 0 Å². The van der Waals surface area contributed by atoms with Gasteiger partial charge in [0.2, 0.25) is 0 Å². The van der Waals surface area contributed by atoms with Gasteiger partial charge in [-0.05, 0) is 31.4 Å². The summed E-state index contributed by atoms with van der Waals surface area (Å²) < 4.78 is 5.73. The molecule has 2 atom stereocenters. The number of aliphatic hydroxyl groups excluding tert-OH is 1. The van der Waals surface area contributed by atoms with Gasteiger partial charge < -0.3 is 9.84 Å². The van der Waals surface area contributed by atoms with Gasteiger partial charge in [-0.25, -0.2) is 0 Å². The summed E-state index contributed by atoms with van der Waals surface area (Å²) in [6.07, 6.45) is 7.18. The molecule has 0 saturated heterocycles. The predicted octanol–water partition coefficient (Wildman–Crippen LogP) is 1.76. The van der Waals surface area contributed by atoms with Crippen LogP contribution in [0, 0.1) is 0 Å². The molecule has 0 amide bonds. The molecule has 0 bridgehead atoms. The number of pyridine rings is 1. The smallest absolute Gasteiger partial charge is 0.122 e. The molecule has 1 aromatic heterocycles. The molecule has 1 aliphatic rings. The molecule has 0 aromatic carbocycles. The standard InChI is InChI=1S/C11H15NO2/c13-9-2-1-3-11(8-9)14-10-4-6-12-7-5-10/h4-7,9,11,13H,1-3,8H2. The Morgan fingerprint density at radius 1 is 1.29 bits per heavy atom. The van der Waals surface area contributed by atoms with E-state index in [0.29, 0.717) is 0 Å². The molecule has 0 aliphatic heterocycles. The van der Waals surface area contributed by atoms with Crippen molar-refractivity contribution in [2.24, 2.45) is 0 Å². The first-order chi connectivity index (χ1) is 6.84. The molecule has 0 radical (unpaired) electrons. The van der Waals surface area contributed by atoms with Gasteiger partial charge in [0.1, 0.15) is 11.9 Å². The summed E-state index contributed by atoms with van der Waals surface area (Å²) in [5, 5.41) is 9.47. The molecule has 76 valence electrons. The fraction of sp³-hybridized carbons (Fsp3) is 0.545. The molecule has 2 unspecified atom stereocenters. The maximum absolute atomic E-state index is 9.47. The topological polar surface area (TPSA) is 42.4 Å². The second-order valence-electron chi connectivity index (χ2n) is 3.74. The Kier molecular flexibility index (Phi) is 2.99. The van der Waals surface area contributed by atoms with Crippen molar-refractivity contribution in [2.75, 3.05) is 0 Å². The molecule has 3 nitrogen and oxygen atoms in total. The molecule has 1 aliphatic carbocycles. The summed E-state index contributed by atoms with van der Waals surface area (Å²) in [5.41, 5.74) is 0. The minimum Gasteiger partial charge on any atom is -0.490 e. The maximum Gasteiger partial charge on any atom is 0.122 e. The van der Waals surface area contributed by atoms with E-state index in [9.17, 15) is 5.11 Å². The van der Waals surface area contributed by atoms with Crippen LogP contribution in [0.1, 0.15) is 25.7 Å². The largest absolute Gasteiger partial charge is 0.490 e. The minimum absolute atomic E-state index is 0.168. The van der Waals surface area contributed by atoms with Crippen LogP contribution in [0.4, 0.5) is 0 Å². The van der Waals surface area contributed by atoms with Crippen molar-refractivity contribution < 1.29 is 9.84 Å². The molecular formula is C11H15NO2. The van der Waals surface area contributed by atoms with E-state index in [1.165, 1.54) is 0 Å². The van der Waals surface area contributed by atoms with Gasteiger partial charge in [0.15, 0.2) is 0 Å². The molecule has 1 aromatic rings. The van der Waals surface area contributed by atoms with Gasteiger partial charge in [-0.3, -0.25) is 4.98 Å². The Labute approximate surface area is 83.7 Å². The third kappa shape index (κ3) is 2.45. The third-order valence-electron chi connectivity index (χ3n) is 2.55. The molecule has 1 N–H and O–H groups in total. The van der Waals surface area contributed by atoms with Crippen molar-refractivity contribution >= 4 is 0 Å². The number of hydrogen-bond acceptors (Lipinski definition) is 3. The normalized spacial score (nSPS) is 27.2. The molecule has 2 rings (SSSR count). The number of rotatable bonds is 2. The van der Waals surface area contributed by atoms with Crippen molar-refractivity contribution in [1.82, 2.24) is 4.98 Å². The highest BCUT2D eigenvalue weighted by atomic mass is 16.5. The molecule has 3 heteroatoms. The lowest BCUT2D eigenvalue weighted by molar-refractivity contribution is 0.0536. The van der Waals surface area contributed by atoms with Crippen LogP contribution in [-0.4, -0.2) is 22.3 Å². The summed E-state index contributed by atoms with van der Waals surface area (Å²) in [6, 6.07) is 3.70. The summed E-state index contributed by atoms with van der Waals surface area (Å²) in [5.74, 6) is 0.846. The van der Waals surface area contributed by atoms with Crippen LogP contribution in [0.2, 0.25) is 0 Å². The van der Waals surface area contributed by atoms with Gasteiger partial charge in [0.05, 0.1) is 6.10 Å². The Hall–Kier alpha value is -1.09. The first kappa shape index (κ1) is 9.46. The first-order valence-corrected chi connectivity index (χ1v) is 5.09. The van der Waals surface area contributed by atoms with E-state index < -0.39 is 0 Å². The quantitative estimate of drug-likeness (QED) is 0.778. The maximum atomic E-state index is 9.47. The SMILES string of the molecule is OC1CCCC(Oc2ccncc2)C1. The molecule has 1 saturated carbocycles. The summed E-state index contributed by atoms with van der Waals surface area (Å²) in [4.78, 5) is 3.92. The van der Waals surface area contributed by atoms with Gasteiger partial charge in [-0.15, -0.1) is 0 Å². The average Bonchev–Trinajstić information content (AvgIpc) is 2.19. The molecule has 14 heavy (non-hydrogen) atoms. The number of nitrogens with zero attached hydrogens (tertiary/aromatic N) is 1. The van der Waals surface area contributed by atoms with Gasteiger partial charge in [-0.1, -0.05) is 0 Å². The van der Waals surface area contributed by atoms with E-state index in [2.05, 4.69) is 4.98 Å². The molecule has 1 fully saturated rings. The Bertz CT molecular complexity index is 276. The summed E-state index contributed by atoms with van der Waals surface area (Å²) in [6.45, 7) is 0. The van der Waals surface area contributed by atoms with Gasteiger partial charge in [-0.2, -0.15) is 0 Å². The van der Waals surface area contributed by atoms with Crippen molar-refractivity contribution in [1.29, 1.82) is 0 Å². The van der Waals surface area contributed by atoms with E-state index in [4.69, 9.17) is 4.74 Å². The van der Waals surface area contributed by atoms with E-state index in [1.807, 2.05) is 12.1 Å².